The van der Waals surface area contributed by atoms with Crippen LogP contribution in [-0.2, 0) is 9.47 Å². The van der Waals surface area contributed by atoms with Gasteiger partial charge in [0.05, 0.1) is 19.8 Å². The second kappa shape index (κ2) is 8.27. The van der Waals surface area contributed by atoms with Gasteiger partial charge in [-0.05, 0) is 18.8 Å². The Balaban J connectivity index is 2.47. The quantitative estimate of drug-likeness (QED) is 0.231. The van der Waals surface area contributed by atoms with Crippen molar-refractivity contribution in [2.45, 2.75) is 12.8 Å². The summed E-state index contributed by atoms with van der Waals surface area (Å²) in [5.74, 6) is 6.83. The van der Waals surface area contributed by atoms with Crippen LogP contribution in [0.4, 0.5) is 0 Å². The molecule has 0 saturated carbocycles. The zero-order valence-electron chi connectivity index (χ0n) is 10.8. The van der Waals surface area contributed by atoms with E-state index in [0.29, 0.717) is 19.1 Å². The second-order valence-electron chi connectivity index (χ2n) is 4.25. The first-order valence-corrected chi connectivity index (χ1v) is 6.05. The Morgan fingerprint density at radius 2 is 2.29 bits per heavy atom. The van der Waals surface area contributed by atoms with Gasteiger partial charge in [0.25, 0.3) is 0 Å². The van der Waals surface area contributed by atoms with E-state index in [2.05, 4.69) is 15.3 Å². The lowest BCUT2D eigenvalue weighted by Gasteiger charge is -2.34. The third-order valence-electron chi connectivity index (χ3n) is 2.91. The van der Waals surface area contributed by atoms with E-state index >= 15 is 0 Å². The Hall–Kier alpha value is -0.850. The molecule has 0 amide bonds. The monoisotopic (exact) mass is 244 g/mol. The zero-order valence-corrected chi connectivity index (χ0v) is 10.8. The number of guanidine groups is 1. The molecule has 0 aromatic carbocycles. The van der Waals surface area contributed by atoms with Crippen molar-refractivity contribution in [3.05, 3.63) is 0 Å². The number of ether oxygens (including phenoxy) is 2. The highest BCUT2D eigenvalue weighted by Crippen LogP contribution is 2.16. The van der Waals surface area contributed by atoms with Crippen LogP contribution in [0.2, 0.25) is 0 Å². The van der Waals surface area contributed by atoms with Gasteiger partial charge in [0.15, 0.2) is 0 Å². The van der Waals surface area contributed by atoms with Crippen LogP contribution in [0.1, 0.15) is 12.8 Å². The predicted molar refractivity (Wildman–Crippen MR) is 67.7 cm³/mol. The summed E-state index contributed by atoms with van der Waals surface area (Å²) in [5.41, 5.74) is 2.67. The third kappa shape index (κ3) is 4.89. The molecule has 0 bridgehead atoms. The van der Waals surface area contributed by atoms with Crippen molar-refractivity contribution < 1.29 is 9.47 Å². The van der Waals surface area contributed by atoms with Gasteiger partial charge in [-0.3, -0.25) is 5.43 Å². The SMILES string of the molecule is COCCN=C(NN)N1CCCC(COC)C1. The number of nitrogens with one attached hydrogen (secondary N) is 1. The van der Waals surface area contributed by atoms with E-state index in [4.69, 9.17) is 15.3 Å². The summed E-state index contributed by atoms with van der Waals surface area (Å²) in [6.45, 7) is 3.98. The lowest BCUT2D eigenvalue weighted by Crippen LogP contribution is -2.49. The Bertz CT molecular complexity index is 234. The molecule has 1 atom stereocenters. The first-order valence-electron chi connectivity index (χ1n) is 6.05. The first kappa shape index (κ1) is 14.2. The van der Waals surface area contributed by atoms with Crippen molar-refractivity contribution in [1.29, 1.82) is 0 Å². The fourth-order valence-corrected chi connectivity index (χ4v) is 2.11. The molecule has 6 heteroatoms. The summed E-state index contributed by atoms with van der Waals surface area (Å²) in [7, 11) is 3.41. The van der Waals surface area contributed by atoms with Crippen LogP contribution >= 0.6 is 0 Å². The van der Waals surface area contributed by atoms with Crippen molar-refractivity contribution in [3.8, 4) is 0 Å². The molecular formula is C11H24N4O2. The molecule has 1 fully saturated rings. The number of methoxy groups -OCH3 is 2. The number of hydrazine groups is 1. The van der Waals surface area contributed by atoms with Crippen LogP contribution in [0.3, 0.4) is 0 Å². The van der Waals surface area contributed by atoms with Crippen molar-refractivity contribution in [3.63, 3.8) is 0 Å². The molecule has 1 saturated heterocycles. The summed E-state index contributed by atoms with van der Waals surface area (Å²) < 4.78 is 10.2. The molecule has 0 radical (unpaired) electrons. The maximum Gasteiger partial charge on any atom is 0.208 e. The lowest BCUT2D eigenvalue weighted by atomic mass is 9.99. The number of hydrogen-bond donors (Lipinski definition) is 2. The molecule has 100 valence electrons. The normalized spacial score (nSPS) is 21.7. The van der Waals surface area contributed by atoms with Crippen molar-refractivity contribution in [2.75, 3.05) is 47.1 Å². The molecule has 1 aliphatic rings. The average Bonchev–Trinajstić information content (AvgIpc) is 2.35. The van der Waals surface area contributed by atoms with Gasteiger partial charge in [0.2, 0.25) is 5.96 Å². The molecule has 0 aromatic rings. The van der Waals surface area contributed by atoms with E-state index in [9.17, 15) is 0 Å². The molecule has 0 aromatic heterocycles. The van der Waals surface area contributed by atoms with Crippen molar-refractivity contribution in [1.82, 2.24) is 10.3 Å². The van der Waals surface area contributed by atoms with Crippen LogP contribution in [0, 0.1) is 5.92 Å². The van der Waals surface area contributed by atoms with Gasteiger partial charge in [-0.15, -0.1) is 0 Å². The number of likely N-dealkylation sites (tertiary alicyclic amines) is 1. The molecule has 1 aliphatic heterocycles. The van der Waals surface area contributed by atoms with Crippen molar-refractivity contribution in [2.24, 2.45) is 16.8 Å². The average molecular weight is 244 g/mol. The fourth-order valence-electron chi connectivity index (χ4n) is 2.11. The minimum Gasteiger partial charge on any atom is -0.384 e. The number of nitrogens with zero attached hydrogens (tertiary/aromatic N) is 2. The summed E-state index contributed by atoms with van der Waals surface area (Å²) in [6.07, 6.45) is 2.36. The molecule has 1 heterocycles. The first-order chi connectivity index (χ1) is 8.31. The Kier molecular flexibility index (Phi) is 6.91. The summed E-state index contributed by atoms with van der Waals surface area (Å²) in [5, 5.41) is 0. The van der Waals surface area contributed by atoms with Crippen LogP contribution in [0.15, 0.2) is 4.99 Å². The van der Waals surface area contributed by atoms with Gasteiger partial charge in [-0.25, -0.2) is 10.8 Å². The molecule has 0 aliphatic carbocycles. The molecule has 17 heavy (non-hydrogen) atoms. The smallest absolute Gasteiger partial charge is 0.208 e. The van der Waals surface area contributed by atoms with Crippen LogP contribution < -0.4 is 11.3 Å². The topological polar surface area (TPSA) is 72.1 Å². The standard InChI is InChI=1S/C11H24N4O2/c1-16-7-5-13-11(14-12)15-6-3-4-10(8-15)9-17-2/h10H,3-9,12H2,1-2H3,(H,13,14). The molecule has 3 N–H and O–H groups in total. The summed E-state index contributed by atoms with van der Waals surface area (Å²) in [6, 6.07) is 0. The van der Waals surface area contributed by atoms with Gasteiger partial charge in [-0.1, -0.05) is 0 Å². The van der Waals surface area contributed by atoms with Crippen molar-refractivity contribution >= 4 is 5.96 Å². The van der Waals surface area contributed by atoms with Gasteiger partial charge >= 0.3 is 0 Å². The number of nitrogens with two attached hydrogens (primary N) is 1. The lowest BCUT2D eigenvalue weighted by molar-refractivity contribution is 0.114. The number of hydrogen-bond acceptors (Lipinski definition) is 4. The van der Waals surface area contributed by atoms with E-state index in [0.717, 1.165) is 32.1 Å². The van der Waals surface area contributed by atoms with E-state index < -0.39 is 0 Å². The molecule has 1 unspecified atom stereocenters. The van der Waals surface area contributed by atoms with Gasteiger partial charge in [-0.2, -0.15) is 0 Å². The predicted octanol–water partition coefficient (Wildman–Crippen LogP) is -0.189. The van der Waals surface area contributed by atoms with Gasteiger partial charge in [0, 0.05) is 27.3 Å². The largest absolute Gasteiger partial charge is 0.384 e. The Morgan fingerprint density at radius 1 is 1.47 bits per heavy atom. The van der Waals surface area contributed by atoms with E-state index in [1.165, 1.54) is 6.42 Å². The Labute approximate surface area is 103 Å². The van der Waals surface area contributed by atoms with E-state index in [-0.39, 0.29) is 0 Å². The number of aliphatic imine (C=N–C) groups is 1. The van der Waals surface area contributed by atoms with Gasteiger partial charge in [0.1, 0.15) is 0 Å². The molecule has 0 spiro atoms. The minimum absolute atomic E-state index is 0.565. The highest BCUT2D eigenvalue weighted by atomic mass is 16.5. The molecule has 1 rings (SSSR count). The van der Waals surface area contributed by atoms with Crippen LogP contribution in [-0.4, -0.2) is 57.9 Å². The maximum atomic E-state index is 5.51. The molecular weight excluding hydrogens is 220 g/mol. The second-order valence-corrected chi connectivity index (χ2v) is 4.25. The minimum atomic E-state index is 0.565. The van der Waals surface area contributed by atoms with E-state index in [1.807, 2.05) is 0 Å². The number of rotatable bonds is 5. The highest BCUT2D eigenvalue weighted by molar-refractivity contribution is 5.79. The fraction of sp³-hybridized carbons (Fsp3) is 0.909. The summed E-state index contributed by atoms with van der Waals surface area (Å²) in [4.78, 5) is 6.57. The summed E-state index contributed by atoms with van der Waals surface area (Å²) >= 11 is 0. The van der Waals surface area contributed by atoms with Crippen LogP contribution in [0.25, 0.3) is 0 Å². The van der Waals surface area contributed by atoms with Crippen LogP contribution in [0.5, 0.6) is 0 Å². The van der Waals surface area contributed by atoms with E-state index in [1.54, 1.807) is 14.2 Å². The number of piperidine rings is 1. The Morgan fingerprint density at radius 3 is 2.94 bits per heavy atom. The molecule has 6 nitrogen and oxygen atoms in total. The zero-order chi connectivity index (χ0) is 12.5. The third-order valence-corrected chi connectivity index (χ3v) is 2.91. The highest BCUT2D eigenvalue weighted by Gasteiger charge is 2.21. The maximum absolute atomic E-state index is 5.51. The van der Waals surface area contributed by atoms with Gasteiger partial charge < -0.3 is 14.4 Å².